The molecule has 0 aromatic heterocycles. The molecule has 1 atom stereocenters. The summed E-state index contributed by atoms with van der Waals surface area (Å²) in [6, 6.07) is 10.3. The largest absolute Gasteiger partial charge is 0.287 e. The molecule has 0 aliphatic carbocycles. The summed E-state index contributed by atoms with van der Waals surface area (Å²) in [7, 11) is 1.95. The molecule has 74 valence electrons. The Morgan fingerprint density at radius 3 is 2.86 bits per heavy atom. The molecule has 2 nitrogen and oxygen atoms in total. The van der Waals surface area contributed by atoms with Crippen LogP contribution in [0.25, 0.3) is 0 Å². The van der Waals surface area contributed by atoms with Crippen molar-refractivity contribution in [3.63, 3.8) is 0 Å². The molecule has 0 N–H and O–H groups in total. The third-order valence-electron chi connectivity index (χ3n) is 2.17. The van der Waals surface area contributed by atoms with Crippen molar-refractivity contribution in [2.45, 2.75) is 19.5 Å². The van der Waals surface area contributed by atoms with Gasteiger partial charge < -0.3 is 0 Å². The van der Waals surface area contributed by atoms with Gasteiger partial charge in [0.15, 0.2) is 0 Å². The quantitative estimate of drug-likeness (QED) is 0.828. The fraction of sp³-hybridized carbons (Fsp3) is 0.364. The first-order valence-corrected chi connectivity index (χ1v) is 5.27. The maximum absolute atomic E-state index is 8.74. The highest BCUT2D eigenvalue weighted by molar-refractivity contribution is 9.10. The predicted molar refractivity (Wildman–Crippen MR) is 60.7 cm³/mol. The molecule has 1 unspecified atom stereocenters. The monoisotopic (exact) mass is 252 g/mol. The highest BCUT2D eigenvalue weighted by Crippen LogP contribution is 2.13. The summed E-state index contributed by atoms with van der Waals surface area (Å²) in [5, 5.41) is 8.74. The minimum Gasteiger partial charge on any atom is -0.287 e. The standard InChI is InChI=1S/C11H13BrN2/c1-9(7-13)14(2)8-10-4-3-5-11(12)6-10/h3-6,9H,8H2,1-2H3. The smallest absolute Gasteiger partial charge is 0.0949 e. The van der Waals surface area contributed by atoms with Gasteiger partial charge in [0.25, 0.3) is 0 Å². The molecule has 0 aliphatic heterocycles. The van der Waals surface area contributed by atoms with Crippen LogP contribution in [0.15, 0.2) is 28.7 Å². The minimum atomic E-state index is -0.0472. The average Bonchev–Trinajstić information content (AvgIpc) is 2.16. The van der Waals surface area contributed by atoms with Crippen LogP contribution in [0.2, 0.25) is 0 Å². The fourth-order valence-electron chi connectivity index (χ4n) is 1.16. The highest BCUT2D eigenvalue weighted by Gasteiger charge is 2.07. The lowest BCUT2D eigenvalue weighted by Crippen LogP contribution is -2.26. The van der Waals surface area contributed by atoms with E-state index in [4.69, 9.17) is 5.26 Å². The number of hydrogen-bond donors (Lipinski definition) is 0. The Morgan fingerprint density at radius 2 is 2.29 bits per heavy atom. The summed E-state index contributed by atoms with van der Waals surface area (Å²) in [4.78, 5) is 2.02. The van der Waals surface area contributed by atoms with Gasteiger partial charge in [0, 0.05) is 11.0 Å². The summed E-state index contributed by atoms with van der Waals surface area (Å²) in [6.07, 6.45) is 0. The molecule has 0 bridgehead atoms. The predicted octanol–water partition coefficient (Wildman–Crippen LogP) is 2.79. The van der Waals surface area contributed by atoms with E-state index in [1.54, 1.807) is 0 Å². The van der Waals surface area contributed by atoms with E-state index in [-0.39, 0.29) is 6.04 Å². The van der Waals surface area contributed by atoms with Gasteiger partial charge in [-0.1, -0.05) is 28.1 Å². The molecule has 0 heterocycles. The molecule has 0 aliphatic rings. The zero-order valence-corrected chi connectivity index (χ0v) is 9.95. The van der Waals surface area contributed by atoms with Crippen LogP contribution in [0.5, 0.6) is 0 Å². The van der Waals surface area contributed by atoms with Crippen LogP contribution in [-0.4, -0.2) is 18.0 Å². The van der Waals surface area contributed by atoms with Crippen molar-refractivity contribution in [1.82, 2.24) is 4.90 Å². The van der Waals surface area contributed by atoms with Crippen molar-refractivity contribution < 1.29 is 0 Å². The molecular formula is C11H13BrN2. The van der Waals surface area contributed by atoms with Crippen LogP contribution in [0.3, 0.4) is 0 Å². The molecule has 0 spiro atoms. The zero-order chi connectivity index (χ0) is 10.6. The lowest BCUT2D eigenvalue weighted by atomic mass is 10.2. The SMILES string of the molecule is CC(C#N)N(C)Cc1cccc(Br)c1. The van der Waals surface area contributed by atoms with Gasteiger partial charge in [-0.05, 0) is 31.7 Å². The molecule has 0 fully saturated rings. The topological polar surface area (TPSA) is 27.0 Å². The first kappa shape index (κ1) is 11.2. The Morgan fingerprint density at radius 1 is 1.57 bits per heavy atom. The van der Waals surface area contributed by atoms with Crippen molar-refractivity contribution >= 4 is 15.9 Å². The lowest BCUT2D eigenvalue weighted by molar-refractivity contribution is 0.294. The number of rotatable bonds is 3. The Kier molecular flexibility index (Phi) is 4.12. The van der Waals surface area contributed by atoms with Gasteiger partial charge in [-0.15, -0.1) is 0 Å². The Balaban J connectivity index is 2.65. The Bertz CT molecular complexity index is 343. The molecule has 0 saturated heterocycles. The van der Waals surface area contributed by atoms with Gasteiger partial charge in [-0.2, -0.15) is 5.26 Å². The van der Waals surface area contributed by atoms with Crippen molar-refractivity contribution in [2.24, 2.45) is 0 Å². The zero-order valence-electron chi connectivity index (χ0n) is 8.37. The molecule has 1 rings (SSSR count). The van der Waals surface area contributed by atoms with Crippen LogP contribution in [0.4, 0.5) is 0 Å². The third kappa shape index (κ3) is 3.13. The van der Waals surface area contributed by atoms with Gasteiger partial charge in [-0.3, -0.25) is 4.90 Å². The summed E-state index contributed by atoms with van der Waals surface area (Å²) in [5.74, 6) is 0. The van der Waals surface area contributed by atoms with Gasteiger partial charge in [-0.25, -0.2) is 0 Å². The molecular weight excluding hydrogens is 240 g/mol. The van der Waals surface area contributed by atoms with Gasteiger partial charge in [0.05, 0.1) is 12.1 Å². The van der Waals surface area contributed by atoms with Crippen LogP contribution in [0.1, 0.15) is 12.5 Å². The number of benzene rings is 1. The summed E-state index contributed by atoms with van der Waals surface area (Å²) in [6.45, 7) is 2.70. The van der Waals surface area contributed by atoms with Crippen molar-refractivity contribution in [2.75, 3.05) is 7.05 Å². The van der Waals surface area contributed by atoms with E-state index in [0.717, 1.165) is 11.0 Å². The van der Waals surface area contributed by atoms with E-state index in [1.807, 2.05) is 31.0 Å². The van der Waals surface area contributed by atoms with Gasteiger partial charge >= 0.3 is 0 Å². The molecule has 14 heavy (non-hydrogen) atoms. The fourth-order valence-corrected chi connectivity index (χ4v) is 1.61. The molecule has 0 radical (unpaired) electrons. The van der Waals surface area contributed by atoms with E-state index >= 15 is 0 Å². The Hall–Kier alpha value is -0.850. The second kappa shape index (κ2) is 5.14. The number of hydrogen-bond acceptors (Lipinski definition) is 2. The minimum absolute atomic E-state index is 0.0472. The summed E-state index contributed by atoms with van der Waals surface area (Å²) >= 11 is 3.42. The maximum atomic E-state index is 8.74. The third-order valence-corrected chi connectivity index (χ3v) is 2.66. The maximum Gasteiger partial charge on any atom is 0.0949 e. The summed E-state index contributed by atoms with van der Waals surface area (Å²) < 4.78 is 1.08. The van der Waals surface area contributed by atoms with E-state index in [2.05, 4.69) is 34.1 Å². The van der Waals surface area contributed by atoms with E-state index < -0.39 is 0 Å². The van der Waals surface area contributed by atoms with Crippen molar-refractivity contribution in [3.8, 4) is 6.07 Å². The van der Waals surface area contributed by atoms with E-state index in [9.17, 15) is 0 Å². The molecule has 0 saturated carbocycles. The number of halogens is 1. The normalized spacial score (nSPS) is 12.5. The number of nitriles is 1. The van der Waals surface area contributed by atoms with Crippen LogP contribution in [-0.2, 0) is 6.54 Å². The lowest BCUT2D eigenvalue weighted by Gasteiger charge is -2.18. The average molecular weight is 253 g/mol. The van der Waals surface area contributed by atoms with Gasteiger partial charge in [0.1, 0.15) is 0 Å². The van der Waals surface area contributed by atoms with E-state index in [1.165, 1.54) is 5.56 Å². The number of nitrogens with zero attached hydrogens (tertiary/aromatic N) is 2. The van der Waals surface area contributed by atoms with Crippen molar-refractivity contribution in [1.29, 1.82) is 5.26 Å². The van der Waals surface area contributed by atoms with E-state index in [0.29, 0.717) is 0 Å². The molecule has 1 aromatic carbocycles. The molecule has 0 amide bonds. The highest BCUT2D eigenvalue weighted by atomic mass is 79.9. The Labute approximate surface area is 93.3 Å². The second-order valence-electron chi connectivity index (χ2n) is 3.35. The second-order valence-corrected chi connectivity index (χ2v) is 4.27. The van der Waals surface area contributed by atoms with Crippen molar-refractivity contribution in [3.05, 3.63) is 34.3 Å². The first-order valence-electron chi connectivity index (χ1n) is 4.48. The summed E-state index contributed by atoms with van der Waals surface area (Å²) in [5.41, 5.74) is 1.21. The molecule has 1 aromatic rings. The van der Waals surface area contributed by atoms with Crippen LogP contribution >= 0.6 is 15.9 Å². The molecule has 3 heteroatoms. The first-order chi connectivity index (χ1) is 6.63. The van der Waals surface area contributed by atoms with Crippen LogP contribution < -0.4 is 0 Å². The van der Waals surface area contributed by atoms with Crippen LogP contribution in [0, 0.1) is 11.3 Å². The van der Waals surface area contributed by atoms with Gasteiger partial charge in [0.2, 0.25) is 0 Å².